The third-order valence-electron chi connectivity index (χ3n) is 4.46. The number of hydrogen-bond donors (Lipinski definition) is 1. The summed E-state index contributed by atoms with van der Waals surface area (Å²) in [5.41, 5.74) is 1.78. The van der Waals surface area contributed by atoms with Crippen LogP contribution in [0, 0.1) is 19.8 Å². The number of carbonyl (C=O) groups is 2. The lowest BCUT2D eigenvalue weighted by molar-refractivity contribution is -0.122. The number of aryl methyl sites for hydroxylation is 2. The van der Waals surface area contributed by atoms with E-state index in [2.05, 4.69) is 10.5 Å². The van der Waals surface area contributed by atoms with Crippen LogP contribution in [0.3, 0.4) is 0 Å². The zero-order valence-corrected chi connectivity index (χ0v) is 15.2. The van der Waals surface area contributed by atoms with Crippen LogP contribution < -0.4 is 19.7 Å². The average Bonchev–Trinajstić information content (AvgIpc) is 3.18. The van der Waals surface area contributed by atoms with Gasteiger partial charge in [0.25, 0.3) is 0 Å². The van der Waals surface area contributed by atoms with Crippen LogP contribution >= 0.6 is 0 Å². The van der Waals surface area contributed by atoms with Gasteiger partial charge in [0.1, 0.15) is 22.9 Å². The Morgan fingerprint density at radius 3 is 2.69 bits per heavy atom. The molecule has 8 nitrogen and oxygen atoms in total. The first-order chi connectivity index (χ1) is 12.4. The Bertz CT molecular complexity index is 826. The van der Waals surface area contributed by atoms with Gasteiger partial charge in [-0.2, -0.15) is 0 Å². The van der Waals surface area contributed by atoms with Crippen molar-refractivity contribution < 1.29 is 23.6 Å². The predicted molar refractivity (Wildman–Crippen MR) is 94.6 cm³/mol. The standard InChI is InChI=1S/C18H21N3O5/c1-10-17(11(2)26-20-10)19-18(23)12-7-16(22)21(9-12)14-6-5-13(24-3)8-15(14)25-4/h5-6,8,12H,7,9H2,1-4H3,(H,19,23). The quantitative estimate of drug-likeness (QED) is 0.880. The van der Waals surface area contributed by atoms with Gasteiger partial charge < -0.3 is 24.2 Å². The van der Waals surface area contributed by atoms with Gasteiger partial charge in [-0.1, -0.05) is 5.16 Å². The Labute approximate surface area is 151 Å². The molecule has 1 unspecified atom stereocenters. The summed E-state index contributed by atoms with van der Waals surface area (Å²) in [6.07, 6.45) is 0.129. The third kappa shape index (κ3) is 3.22. The summed E-state index contributed by atoms with van der Waals surface area (Å²) in [6.45, 7) is 3.75. The Morgan fingerprint density at radius 1 is 1.31 bits per heavy atom. The molecule has 26 heavy (non-hydrogen) atoms. The van der Waals surface area contributed by atoms with Crippen molar-refractivity contribution in [2.24, 2.45) is 5.92 Å². The van der Waals surface area contributed by atoms with Crippen molar-refractivity contribution in [3.8, 4) is 11.5 Å². The van der Waals surface area contributed by atoms with E-state index in [1.807, 2.05) is 0 Å². The molecular formula is C18H21N3O5. The molecule has 8 heteroatoms. The van der Waals surface area contributed by atoms with Crippen LogP contribution in [-0.2, 0) is 9.59 Å². The summed E-state index contributed by atoms with van der Waals surface area (Å²) in [6, 6.07) is 5.21. The van der Waals surface area contributed by atoms with Crippen molar-refractivity contribution in [1.82, 2.24) is 5.16 Å². The molecule has 3 rings (SSSR count). The minimum absolute atomic E-state index is 0.129. The van der Waals surface area contributed by atoms with E-state index in [-0.39, 0.29) is 24.8 Å². The number of hydrogen-bond acceptors (Lipinski definition) is 6. The average molecular weight is 359 g/mol. The van der Waals surface area contributed by atoms with E-state index in [0.29, 0.717) is 34.3 Å². The number of nitrogens with zero attached hydrogens (tertiary/aromatic N) is 2. The highest BCUT2D eigenvalue weighted by molar-refractivity contribution is 6.04. The van der Waals surface area contributed by atoms with E-state index in [1.54, 1.807) is 44.1 Å². The fourth-order valence-corrected chi connectivity index (χ4v) is 3.01. The molecule has 2 heterocycles. The van der Waals surface area contributed by atoms with Crippen molar-refractivity contribution in [2.75, 3.05) is 31.0 Å². The fraction of sp³-hybridized carbons (Fsp3) is 0.389. The van der Waals surface area contributed by atoms with Crippen molar-refractivity contribution in [3.63, 3.8) is 0 Å². The number of methoxy groups -OCH3 is 2. The lowest BCUT2D eigenvalue weighted by atomic mass is 10.1. The van der Waals surface area contributed by atoms with Gasteiger partial charge in [0, 0.05) is 19.0 Å². The van der Waals surface area contributed by atoms with Crippen LogP contribution in [0.1, 0.15) is 17.9 Å². The molecule has 0 aliphatic carbocycles. The normalized spacial score (nSPS) is 16.7. The van der Waals surface area contributed by atoms with Gasteiger partial charge in [-0.15, -0.1) is 0 Å². The highest BCUT2D eigenvalue weighted by Crippen LogP contribution is 2.36. The number of nitrogens with one attached hydrogen (secondary N) is 1. The van der Waals surface area contributed by atoms with Gasteiger partial charge in [0.15, 0.2) is 5.76 Å². The topological polar surface area (TPSA) is 93.9 Å². The molecule has 1 fully saturated rings. The predicted octanol–water partition coefficient (Wildman–Crippen LogP) is 2.30. The first-order valence-electron chi connectivity index (χ1n) is 8.20. The van der Waals surface area contributed by atoms with Crippen molar-refractivity contribution in [1.29, 1.82) is 0 Å². The number of aromatic nitrogens is 1. The SMILES string of the molecule is COc1ccc(N2CC(C(=O)Nc3c(C)noc3C)CC2=O)c(OC)c1. The number of rotatable bonds is 5. The van der Waals surface area contributed by atoms with E-state index < -0.39 is 5.92 Å². The summed E-state index contributed by atoms with van der Waals surface area (Å²) in [5.74, 6) is 0.849. The number of anilines is 2. The monoisotopic (exact) mass is 359 g/mol. The molecule has 2 aromatic rings. The van der Waals surface area contributed by atoms with E-state index in [4.69, 9.17) is 14.0 Å². The molecule has 1 atom stereocenters. The molecule has 1 aliphatic rings. The number of amides is 2. The van der Waals surface area contributed by atoms with Gasteiger partial charge in [-0.25, -0.2) is 0 Å². The first-order valence-corrected chi connectivity index (χ1v) is 8.20. The number of carbonyl (C=O) groups excluding carboxylic acids is 2. The van der Waals surface area contributed by atoms with Gasteiger partial charge in [-0.05, 0) is 26.0 Å². The highest BCUT2D eigenvalue weighted by Gasteiger charge is 2.36. The van der Waals surface area contributed by atoms with Crippen molar-refractivity contribution in [3.05, 3.63) is 29.7 Å². The van der Waals surface area contributed by atoms with Crippen LogP contribution in [0.25, 0.3) is 0 Å². The zero-order chi connectivity index (χ0) is 18.8. The molecular weight excluding hydrogens is 338 g/mol. The first kappa shape index (κ1) is 17.8. The minimum atomic E-state index is -0.469. The van der Waals surface area contributed by atoms with Crippen LogP contribution in [0.4, 0.5) is 11.4 Å². The lowest BCUT2D eigenvalue weighted by Crippen LogP contribution is -2.28. The maximum Gasteiger partial charge on any atom is 0.229 e. The summed E-state index contributed by atoms with van der Waals surface area (Å²) in [5, 5.41) is 6.63. The van der Waals surface area contributed by atoms with Crippen LogP contribution in [-0.4, -0.2) is 37.7 Å². The molecule has 1 N–H and O–H groups in total. The zero-order valence-electron chi connectivity index (χ0n) is 15.2. The van der Waals surface area contributed by atoms with E-state index in [0.717, 1.165) is 0 Å². The molecule has 138 valence electrons. The summed E-state index contributed by atoms with van der Waals surface area (Å²) < 4.78 is 15.6. The van der Waals surface area contributed by atoms with Gasteiger partial charge in [-0.3, -0.25) is 9.59 Å². The highest BCUT2D eigenvalue weighted by atomic mass is 16.5. The Hall–Kier alpha value is -3.03. The molecule has 1 aromatic carbocycles. The molecule has 0 spiro atoms. The van der Waals surface area contributed by atoms with Gasteiger partial charge in [0.2, 0.25) is 11.8 Å². The van der Waals surface area contributed by atoms with Gasteiger partial charge in [0.05, 0.1) is 25.8 Å². The van der Waals surface area contributed by atoms with Crippen molar-refractivity contribution in [2.45, 2.75) is 20.3 Å². The lowest BCUT2D eigenvalue weighted by Gasteiger charge is -2.20. The molecule has 0 bridgehead atoms. The Balaban J connectivity index is 1.77. The number of benzene rings is 1. The van der Waals surface area contributed by atoms with Crippen molar-refractivity contribution >= 4 is 23.2 Å². The molecule has 1 aliphatic heterocycles. The summed E-state index contributed by atoms with van der Waals surface area (Å²) in [4.78, 5) is 26.6. The fourth-order valence-electron chi connectivity index (χ4n) is 3.01. The number of ether oxygens (including phenoxy) is 2. The van der Waals surface area contributed by atoms with Gasteiger partial charge >= 0.3 is 0 Å². The maximum absolute atomic E-state index is 12.6. The smallest absolute Gasteiger partial charge is 0.229 e. The van der Waals surface area contributed by atoms with Crippen LogP contribution in [0.2, 0.25) is 0 Å². The second kappa shape index (κ2) is 7.07. The van der Waals surface area contributed by atoms with E-state index in [1.165, 1.54) is 7.11 Å². The maximum atomic E-state index is 12.6. The second-order valence-corrected chi connectivity index (χ2v) is 6.13. The second-order valence-electron chi connectivity index (χ2n) is 6.13. The summed E-state index contributed by atoms with van der Waals surface area (Å²) >= 11 is 0. The molecule has 0 saturated carbocycles. The van der Waals surface area contributed by atoms with Crippen LogP contribution in [0.15, 0.2) is 22.7 Å². The summed E-state index contributed by atoms with van der Waals surface area (Å²) in [7, 11) is 3.09. The molecule has 1 saturated heterocycles. The Morgan fingerprint density at radius 2 is 2.08 bits per heavy atom. The molecule has 0 radical (unpaired) electrons. The van der Waals surface area contributed by atoms with Crippen LogP contribution in [0.5, 0.6) is 11.5 Å². The Kier molecular flexibility index (Phi) is 4.83. The largest absolute Gasteiger partial charge is 0.497 e. The molecule has 1 aromatic heterocycles. The third-order valence-corrected chi connectivity index (χ3v) is 4.46. The van der Waals surface area contributed by atoms with E-state index in [9.17, 15) is 9.59 Å². The van der Waals surface area contributed by atoms with E-state index >= 15 is 0 Å². The minimum Gasteiger partial charge on any atom is -0.497 e. The molecule has 2 amide bonds.